The van der Waals surface area contributed by atoms with Gasteiger partial charge < -0.3 is 19.0 Å². The molecule has 0 unspecified atom stereocenters. The number of hydrogen-bond acceptors (Lipinski definition) is 5. The van der Waals surface area contributed by atoms with Crippen molar-refractivity contribution < 1.29 is 19.0 Å². The predicted molar refractivity (Wildman–Crippen MR) is 106 cm³/mol. The zero-order valence-corrected chi connectivity index (χ0v) is 16.1. The van der Waals surface area contributed by atoms with Crippen molar-refractivity contribution in [1.29, 1.82) is 0 Å². The molecule has 0 saturated heterocycles. The highest BCUT2D eigenvalue weighted by molar-refractivity contribution is 5.83. The van der Waals surface area contributed by atoms with Gasteiger partial charge in [0.15, 0.2) is 17.3 Å². The van der Waals surface area contributed by atoms with Crippen molar-refractivity contribution in [3.63, 3.8) is 0 Å². The number of aromatic hydroxyl groups is 1. The minimum Gasteiger partial charge on any atom is -0.502 e. The highest BCUT2D eigenvalue weighted by Crippen LogP contribution is 2.36. The van der Waals surface area contributed by atoms with Crippen LogP contribution in [0.25, 0.3) is 22.3 Å². The van der Waals surface area contributed by atoms with Crippen LogP contribution in [0.4, 0.5) is 0 Å². The van der Waals surface area contributed by atoms with Crippen molar-refractivity contribution >= 4 is 11.0 Å². The van der Waals surface area contributed by atoms with Crippen LogP contribution in [0, 0.1) is 13.8 Å². The molecule has 1 aromatic heterocycles. The largest absolute Gasteiger partial charge is 0.502 e. The molecule has 0 atom stereocenters. The first-order valence-electron chi connectivity index (χ1n) is 9.04. The van der Waals surface area contributed by atoms with Crippen molar-refractivity contribution in [2.45, 2.75) is 33.6 Å². The van der Waals surface area contributed by atoms with Crippen LogP contribution in [0.15, 0.2) is 39.5 Å². The lowest BCUT2D eigenvalue weighted by Crippen LogP contribution is -2.04. The molecule has 0 aliphatic rings. The van der Waals surface area contributed by atoms with Crippen molar-refractivity contribution in [3.05, 3.63) is 51.7 Å². The summed E-state index contributed by atoms with van der Waals surface area (Å²) in [6, 6.07) is 8.76. The number of aryl methyl sites for hydroxylation is 2. The Hall–Kier alpha value is -2.95. The van der Waals surface area contributed by atoms with Gasteiger partial charge in [0, 0.05) is 5.56 Å². The van der Waals surface area contributed by atoms with Gasteiger partial charge in [0.1, 0.15) is 5.58 Å². The molecule has 0 radical (unpaired) electrons. The maximum atomic E-state index is 12.6. The van der Waals surface area contributed by atoms with Crippen LogP contribution in [-0.2, 0) is 0 Å². The van der Waals surface area contributed by atoms with Crippen LogP contribution < -0.4 is 14.9 Å². The third kappa shape index (κ3) is 3.63. The van der Waals surface area contributed by atoms with Gasteiger partial charge in [-0.05, 0) is 61.7 Å². The number of rotatable bonds is 6. The van der Waals surface area contributed by atoms with Crippen LogP contribution in [0.3, 0.4) is 0 Å². The van der Waals surface area contributed by atoms with Crippen LogP contribution >= 0.6 is 0 Å². The van der Waals surface area contributed by atoms with E-state index in [0.717, 1.165) is 24.0 Å². The quantitative estimate of drug-likeness (QED) is 0.622. The van der Waals surface area contributed by atoms with Gasteiger partial charge in [-0.25, -0.2) is 0 Å². The smallest absolute Gasteiger partial charge is 0.235 e. The van der Waals surface area contributed by atoms with Gasteiger partial charge in [0.05, 0.1) is 19.1 Å². The zero-order chi connectivity index (χ0) is 19.6. The third-order valence-electron chi connectivity index (χ3n) is 4.66. The fourth-order valence-electron chi connectivity index (χ4n) is 2.89. The molecule has 0 bridgehead atoms. The van der Waals surface area contributed by atoms with E-state index in [1.807, 2.05) is 19.9 Å². The first kappa shape index (κ1) is 18.8. The molecule has 1 heterocycles. The summed E-state index contributed by atoms with van der Waals surface area (Å²) in [6.45, 7) is 6.56. The van der Waals surface area contributed by atoms with Crippen LogP contribution in [0.2, 0.25) is 0 Å². The van der Waals surface area contributed by atoms with Gasteiger partial charge in [0.25, 0.3) is 0 Å². The van der Waals surface area contributed by atoms with Gasteiger partial charge in [-0.3, -0.25) is 4.79 Å². The number of methoxy groups -OCH3 is 1. The molecule has 5 heteroatoms. The standard InChI is InChI=1S/C22H24O5/c1-5-6-9-26-17-8-7-15(12-19(17)25-4)22-21(24)20(23)16-10-13(2)14(3)11-18(16)27-22/h7-8,10-12,24H,5-6,9H2,1-4H3. The van der Waals surface area contributed by atoms with Crippen LogP contribution in [-0.4, -0.2) is 18.8 Å². The number of unbranched alkanes of at least 4 members (excludes halogenated alkanes) is 1. The van der Waals surface area contributed by atoms with Gasteiger partial charge in [0.2, 0.25) is 11.2 Å². The molecule has 1 N–H and O–H groups in total. The third-order valence-corrected chi connectivity index (χ3v) is 4.66. The summed E-state index contributed by atoms with van der Waals surface area (Å²) in [4.78, 5) is 12.6. The Kier molecular flexibility index (Phi) is 5.40. The SMILES string of the molecule is CCCCOc1ccc(-c2oc3cc(C)c(C)cc3c(=O)c2O)cc1OC. The minimum absolute atomic E-state index is 0.120. The highest BCUT2D eigenvalue weighted by atomic mass is 16.5. The Balaban J connectivity index is 2.10. The molecule has 5 nitrogen and oxygen atoms in total. The molecule has 3 rings (SSSR count). The van der Waals surface area contributed by atoms with E-state index in [2.05, 4.69) is 6.92 Å². The van der Waals surface area contributed by atoms with E-state index in [-0.39, 0.29) is 5.76 Å². The first-order valence-corrected chi connectivity index (χ1v) is 9.04. The van der Waals surface area contributed by atoms with E-state index in [1.54, 1.807) is 31.4 Å². The van der Waals surface area contributed by atoms with Crippen molar-refractivity contribution in [3.8, 4) is 28.6 Å². The second kappa shape index (κ2) is 7.74. The molecule has 0 spiro atoms. The van der Waals surface area contributed by atoms with E-state index in [9.17, 15) is 9.90 Å². The van der Waals surface area contributed by atoms with Crippen LogP contribution in [0.5, 0.6) is 17.2 Å². The second-order valence-corrected chi connectivity index (χ2v) is 6.61. The molecule has 0 fully saturated rings. The average molecular weight is 368 g/mol. The van der Waals surface area contributed by atoms with Crippen LogP contribution in [0.1, 0.15) is 30.9 Å². The first-order chi connectivity index (χ1) is 13.0. The molecule has 0 aliphatic carbocycles. The zero-order valence-electron chi connectivity index (χ0n) is 16.1. The van der Waals surface area contributed by atoms with Gasteiger partial charge in [-0.15, -0.1) is 0 Å². The molecular formula is C22H24O5. The highest BCUT2D eigenvalue weighted by Gasteiger charge is 2.18. The van der Waals surface area contributed by atoms with Gasteiger partial charge in [-0.1, -0.05) is 13.3 Å². The lowest BCUT2D eigenvalue weighted by Gasteiger charge is -2.13. The Morgan fingerprint density at radius 2 is 1.81 bits per heavy atom. The molecule has 0 saturated carbocycles. The summed E-state index contributed by atoms with van der Waals surface area (Å²) >= 11 is 0. The Morgan fingerprint density at radius 1 is 1.07 bits per heavy atom. The second-order valence-electron chi connectivity index (χ2n) is 6.61. The predicted octanol–water partition coefficient (Wildman–Crippen LogP) is 4.97. The molecule has 27 heavy (non-hydrogen) atoms. The van der Waals surface area contributed by atoms with E-state index in [4.69, 9.17) is 13.9 Å². The minimum atomic E-state index is -0.448. The summed E-state index contributed by atoms with van der Waals surface area (Å²) in [7, 11) is 1.55. The summed E-state index contributed by atoms with van der Waals surface area (Å²) in [5.74, 6) is 0.844. The Labute approximate surface area is 158 Å². The van der Waals surface area contributed by atoms with E-state index < -0.39 is 11.2 Å². The van der Waals surface area contributed by atoms with Crippen molar-refractivity contribution in [2.24, 2.45) is 0 Å². The summed E-state index contributed by atoms with van der Waals surface area (Å²) in [5.41, 5.74) is 2.52. The molecule has 0 amide bonds. The summed E-state index contributed by atoms with van der Waals surface area (Å²) < 4.78 is 17.0. The van der Waals surface area contributed by atoms with Gasteiger partial charge in [-0.2, -0.15) is 0 Å². The number of benzene rings is 2. The molecule has 2 aromatic carbocycles. The topological polar surface area (TPSA) is 68.9 Å². The molecule has 142 valence electrons. The van der Waals surface area contributed by atoms with E-state index in [0.29, 0.717) is 34.6 Å². The van der Waals surface area contributed by atoms with Gasteiger partial charge >= 0.3 is 0 Å². The van der Waals surface area contributed by atoms with Crippen molar-refractivity contribution in [2.75, 3.05) is 13.7 Å². The Bertz CT molecular complexity index is 1030. The van der Waals surface area contributed by atoms with E-state index in [1.165, 1.54) is 0 Å². The van der Waals surface area contributed by atoms with Crippen molar-refractivity contribution in [1.82, 2.24) is 0 Å². The fourth-order valence-corrected chi connectivity index (χ4v) is 2.89. The number of hydrogen-bond donors (Lipinski definition) is 1. The fraction of sp³-hybridized carbons (Fsp3) is 0.318. The summed E-state index contributed by atoms with van der Waals surface area (Å²) in [6.07, 6.45) is 1.99. The normalized spacial score (nSPS) is 11.0. The lowest BCUT2D eigenvalue weighted by atomic mass is 10.0. The lowest BCUT2D eigenvalue weighted by molar-refractivity contribution is 0.288. The molecule has 0 aliphatic heterocycles. The number of fused-ring (bicyclic) bond motifs is 1. The molecule has 3 aromatic rings. The monoisotopic (exact) mass is 368 g/mol. The Morgan fingerprint density at radius 3 is 2.52 bits per heavy atom. The molecular weight excluding hydrogens is 344 g/mol. The maximum absolute atomic E-state index is 12.6. The summed E-state index contributed by atoms with van der Waals surface area (Å²) in [5, 5.41) is 10.8. The van der Waals surface area contributed by atoms with E-state index >= 15 is 0 Å². The maximum Gasteiger partial charge on any atom is 0.235 e. The average Bonchev–Trinajstić information content (AvgIpc) is 2.67. The number of ether oxygens (including phenoxy) is 2.